The van der Waals surface area contributed by atoms with Crippen LogP contribution in [0.25, 0.3) is 11.2 Å². The molecular formula is C18H26N8. The first-order valence-electron chi connectivity index (χ1n) is 8.56. The van der Waals surface area contributed by atoms with Crippen LogP contribution in [0.3, 0.4) is 0 Å². The van der Waals surface area contributed by atoms with E-state index in [4.69, 9.17) is 10.7 Å². The number of imidazole rings is 1. The molecule has 0 fully saturated rings. The molecule has 0 aromatic carbocycles. The van der Waals surface area contributed by atoms with E-state index in [-0.39, 0.29) is 5.41 Å². The number of anilines is 4. The molecule has 138 valence electrons. The van der Waals surface area contributed by atoms with E-state index in [2.05, 4.69) is 59.9 Å². The van der Waals surface area contributed by atoms with E-state index in [1.165, 1.54) is 6.33 Å². The maximum Gasteiger partial charge on any atom is 0.164 e. The normalized spacial score (nSPS) is 13.0. The van der Waals surface area contributed by atoms with Crippen LogP contribution in [-0.4, -0.2) is 37.6 Å². The van der Waals surface area contributed by atoms with Gasteiger partial charge < -0.3 is 20.5 Å². The van der Waals surface area contributed by atoms with Crippen molar-refractivity contribution in [2.75, 3.05) is 23.0 Å². The molecule has 3 rings (SSSR count). The summed E-state index contributed by atoms with van der Waals surface area (Å²) in [6.07, 6.45) is 3.19. The summed E-state index contributed by atoms with van der Waals surface area (Å²) < 4.78 is 1.91. The number of fused-ring (bicyclic) bond motifs is 1. The molecule has 0 aliphatic heterocycles. The highest BCUT2D eigenvalue weighted by Crippen LogP contribution is 2.31. The fourth-order valence-electron chi connectivity index (χ4n) is 2.72. The van der Waals surface area contributed by atoms with Gasteiger partial charge in [0.15, 0.2) is 5.65 Å². The Morgan fingerprint density at radius 3 is 2.58 bits per heavy atom. The van der Waals surface area contributed by atoms with Crippen LogP contribution in [0.5, 0.6) is 0 Å². The predicted octanol–water partition coefficient (Wildman–Crippen LogP) is 2.95. The lowest BCUT2D eigenvalue weighted by molar-refractivity contribution is 0.328. The second-order valence-electron chi connectivity index (χ2n) is 7.66. The largest absolute Gasteiger partial charge is 0.384 e. The van der Waals surface area contributed by atoms with E-state index >= 15 is 0 Å². The third kappa shape index (κ3) is 3.40. The van der Waals surface area contributed by atoms with Gasteiger partial charge in [-0.25, -0.2) is 19.9 Å². The van der Waals surface area contributed by atoms with Crippen LogP contribution in [0.4, 0.5) is 23.1 Å². The van der Waals surface area contributed by atoms with Gasteiger partial charge in [-0.15, -0.1) is 0 Å². The molecule has 0 aliphatic carbocycles. The van der Waals surface area contributed by atoms with Crippen molar-refractivity contribution < 1.29 is 0 Å². The highest BCUT2D eigenvalue weighted by molar-refractivity contribution is 5.90. The fraction of sp³-hybridized carbons (Fsp3) is 0.444. The minimum absolute atomic E-state index is 0.118. The molecule has 3 heterocycles. The van der Waals surface area contributed by atoms with Gasteiger partial charge in [-0.05, 0) is 12.3 Å². The number of nitrogen functional groups attached to an aromatic ring is 1. The Bertz CT molecular complexity index is 925. The number of hydrogen-bond donors (Lipinski definition) is 2. The molecule has 3 aromatic rings. The molecular weight excluding hydrogens is 328 g/mol. The lowest BCUT2D eigenvalue weighted by Gasteiger charge is -2.36. The quantitative estimate of drug-likeness (QED) is 0.743. The molecule has 0 spiro atoms. The van der Waals surface area contributed by atoms with Crippen molar-refractivity contribution >= 4 is 34.3 Å². The molecule has 3 N–H and O–H groups in total. The van der Waals surface area contributed by atoms with Crippen molar-refractivity contribution in [3.05, 3.63) is 24.8 Å². The Balaban J connectivity index is 2.07. The maximum absolute atomic E-state index is 5.76. The Morgan fingerprint density at radius 2 is 1.92 bits per heavy atom. The molecule has 0 aliphatic rings. The van der Waals surface area contributed by atoms with E-state index in [0.29, 0.717) is 17.7 Å². The van der Waals surface area contributed by atoms with E-state index in [1.54, 1.807) is 12.4 Å². The maximum atomic E-state index is 5.76. The summed E-state index contributed by atoms with van der Waals surface area (Å²) in [5.74, 6) is 1.90. The standard InChI is InChI=1S/C18H26N8/c1-11(18(2,3)4)26(6)15-7-12(16-17(24-15)25(5)10-22-16)23-14-8-13(19)20-9-21-14/h7-11H,1-6H3,(H3,19,20,21,23,24). The Morgan fingerprint density at radius 1 is 1.19 bits per heavy atom. The molecule has 3 aromatic heterocycles. The second-order valence-corrected chi connectivity index (χ2v) is 7.66. The van der Waals surface area contributed by atoms with Gasteiger partial charge in [0.1, 0.15) is 29.3 Å². The van der Waals surface area contributed by atoms with Crippen molar-refractivity contribution in [3.8, 4) is 0 Å². The zero-order chi connectivity index (χ0) is 19.1. The average Bonchev–Trinajstić information content (AvgIpc) is 2.94. The van der Waals surface area contributed by atoms with Crippen LogP contribution in [0, 0.1) is 5.41 Å². The lowest BCUT2D eigenvalue weighted by atomic mass is 9.87. The Kier molecular flexibility index (Phi) is 4.43. The summed E-state index contributed by atoms with van der Waals surface area (Å²) in [4.78, 5) is 19.6. The molecule has 0 saturated heterocycles. The number of rotatable bonds is 4. The fourth-order valence-corrected chi connectivity index (χ4v) is 2.72. The van der Waals surface area contributed by atoms with E-state index in [0.717, 1.165) is 22.7 Å². The highest BCUT2D eigenvalue weighted by Gasteiger charge is 2.26. The van der Waals surface area contributed by atoms with Gasteiger partial charge in [0, 0.05) is 32.3 Å². The topological polar surface area (TPSA) is 97.8 Å². The summed E-state index contributed by atoms with van der Waals surface area (Å²) in [6, 6.07) is 3.98. The minimum atomic E-state index is 0.118. The van der Waals surface area contributed by atoms with Crippen molar-refractivity contribution in [2.45, 2.75) is 33.7 Å². The first-order chi connectivity index (χ1) is 12.2. The number of aromatic nitrogens is 5. The van der Waals surface area contributed by atoms with Crippen LogP contribution < -0.4 is 16.0 Å². The molecule has 0 amide bonds. The van der Waals surface area contributed by atoms with Gasteiger partial charge in [0.05, 0.1) is 12.0 Å². The number of nitrogens with one attached hydrogen (secondary N) is 1. The number of nitrogens with two attached hydrogens (primary N) is 1. The van der Waals surface area contributed by atoms with Gasteiger partial charge in [-0.3, -0.25) is 0 Å². The third-order valence-corrected chi connectivity index (χ3v) is 4.80. The zero-order valence-corrected chi connectivity index (χ0v) is 16.1. The van der Waals surface area contributed by atoms with Crippen molar-refractivity contribution in [3.63, 3.8) is 0 Å². The van der Waals surface area contributed by atoms with Gasteiger partial charge in [-0.1, -0.05) is 20.8 Å². The SMILES string of the molecule is CC(N(C)c1cc(Nc2cc(N)ncn2)c2ncn(C)c2n1)C(C)(C)C. The zero-order valence-electron chi connectivity index (χ0n) is 16.1. The molecule has 8 nitrogen and oxygen atoms in total. The van der Waals surface area contributed by atoms with Gasteiger partial charge in [-0.2, -0.15) is 0 Å². The molecule has 1 atom stereocenters. The van der Waals surface area contributed by atoms with Crippen LogP contribution in [0.15, 0.2) is 24.8 Å². The summed E-state index contributed by atoms with van der Waals surface area (Å²) >= 11 is 0. The molecule has 0 saturated carbocycles. The van der Waals surface area contributed by atoms with Crippen LogP contribution in [0.2, 0.25) is 0 Å². The first kappa shape index (κ1) is 17.9. The van der Waals surface area contributed by atoms with Crippen molar-refractivity contribution in [1.82, 2.24) is 24.5 Å². The second kappa shape index (κ2) is 6.44. The summed E-state index contributed by atoms with van der Waals surface area (Å²) in [5, 5.41) is 3.30. The predicted molar refractivity (Wildman–Crippen MR) is 106 cm³/mol. The third-order valence-electron chi connectivity index (χ3n) is 4.80. The van der Waals surface area contributed by atoms with Crippen LogP contribution >= 0.6 is 0 Å². The molecule has 0 radical (unpaired) electrons. The van der Waals surface area contributed by atoms with E-state index in [1.807, 2.05) is 17.7 Å². The number of pyridine rings is 1. The monoisotopic (exact) mass is 354 g/mol. The number of hydrogen-bond acceptors (Lipinski definition) is 7. The summed E-state index contributed by atoms with van der Waals surface area (Å²) in [5.41, 5.74) is 8.30. The Hall–Kier alpha value is -2.90. The van der Waals surface area contributed by atoms with Gasteiger partial charge >= 0.3 is 0 Å². The molecule has 1 unspecified atom stereocenters. The Labute approximate surface area is 153 Å². The molecule has 26 heavy (non-hydrogen) atoms. The minimum Gasteiger partial charge on any atom is -0.384 e. The van der Waals surface area contributed by atoms with E-state index in [9.17, 15) is 0 Å². The van der Waals surface area contributed by atoms with Crippen molar-refractivity contribution in [1.29, 1.82) is 0 Å². The number of nitrogens with zero attached hydrogens (tertiary/aromatic N) is 6. The lowest BCUT2D eigenvalue weighted by Crippen LogP contribution is -2.39. The number of aryl methyl sites for hydroxylation is 1. The molecule has 0 bridgehead atoms. The van der Waals surface area contributed by atoms with Crippen LogP contribution in [0.1, 0.15) is 27.7 Å². The summed E-state index contributed by atoms with van der Waals surface area (Å²) in [7, 11) is 4.00. The van der Waals surface area contributed by atoms with Gasteiger partial charge in [0.2, 0.25) is 0 Å². The molecule has 8 heteroatoms. The highest BCUT2D eigenvalue weighted by atomic mass is 15.2. The first-order valence-corrected chi connectivity index (χ1v) is 8.56. The van der Waals surface area contributed by atoms with E-state index < -0.39 is 0 Å². The van der Waals surface area contributed by atoms with Crippen molar-refractivity contribution in [2.24, 2.45) is 12.5 Å². The average molecular weight is 354 g/mol. The smallest absolute Gasteiger partial charge is 0.164 e. The van der Waals surface area contributed by atoms with Gasteiger partial charge in [0.25, 0.3) is 0 Å². The summed E-state index contributed by atoms with van der Waals surface area (Å²) in [6.45, 7) is 8.87. The van der Waals surface area contributed by atoms with Crippen LogP contribution in [-0.2, 0) is 7.05 Å².